The van der Waals surface area contributed by atoms with Crippen LogP contribution >= 0.6 is 0 Å². The zero-order valence-corrected chi connectivity index (χ0v) is 23.2. The maximum atomic E-state index is 5.32. The minimum Gasteiger partial charge on any atom is -0.497 e. The monoisotopic (exact) mass is 448 g/mol. The third-order valence-corrected chi connectivity index (χ3v) is 7.43. The summed E-state index contributed by atoms with van der Waals surface area (Å²) in [5.41, 5.74) is 3.86. The Kier molecular flexibility index (Phi) is 9.18. The summed E-state index contributed by atoms with van der Waals surface area (Å²) in [6.45, 7) is 16.0. The average molecular weight is 449 g/mol. The van der Waals surface area contributed by atoms with Gasteiger partial charge in [0, 0.05) is 24.2 Å². The Morgan fingerprint density at radius 3 is 2.31 bits per heavy atom. The predicted molar refractivity (Wildman–Crippen MR) is 142 cm³/mol. The van der Waals surface area contributed by atoms with Crippen molar-refractivity contribution in [1.29, 1.82) is 0 Å². The van der Waals surface area contributed by atoms with Crippen molar-refractivity contribution in [3.05, 3.63) is 71.8 Å². The van der Waals surface area contributed by atoms with Crippen LogP contribution in [-0.2, 0) is 12.1 Å². The molecule has 0 aliphatic rings. The number of hydrogen-bond acceptors (Lipinski definition) is 3. The third-order valence-electron chi connectivity index (χ3n) is 5.80. The van der Waals surface area contributed by atoms with Crippen LogP contribution in [0.5, 0.6) is 5.75 Å². The van der Waals surface area contributed by atoms with Crippen LogP contribution < -0.4 is 9.30 Å². The van der Waals surface area contributed by atoms with Crippen LogP contribution in [-0.4, -0.2) is 35.5 Å². The van der Waals surface area contributed by atoms with E-state index in [4.69, 9.17) is 4.74 Å². The molecule has 3 nitrogen and oxygen atoms in total. The number of anilines is 1. The van der Waals surface area contributed by atoms with Crippen LogP contribution in [0.3, 0.4) is 0 Å². The molecular formula is C28H40N2OSi. The van der Waals surface area contributed by atoms with Crippen molar-refractivity contribution in [2.45, 2.75) is 53.6 Å². The number of allylic oxidation sites excluding steroid dienone is 1. The zero-order chi connectivity index (χ0) is 23.8. The topological polar surface area (TPSA) is 15.7 Å². The van der Waals surface area contributed by atoms with Gasteiger partial charge in [0.15, 0.2) is 0 Å². The quantitative estimate of drug-likeness (QED) is 0.390. The summed E-state index contributed by atoms with van der Waals surface area (Å²) >= 11 is 0. The summed E-state index contributed by atoms with van der Waals surface area (Å²) in [6.07, 6.45) is 4.15. The largest absolute Gasteiger partial charge is 0.497 e. The average Bonchev–Trinajstić information content (AvgIpc) is 2.77. The molecule has 0 fully saturated rings. The van der Waals surface area contributed by atoms with Gasteiger partial charge in [-0.2, -0.15) is 0 Å². The van der Waals surface area contributed by atoms with Crippen molar-refractivity contribution in [2.75, 3.05) is 24.8 Å². The first-order valence-electron chi connectivity index (χ1n) is 11.4. The van der Waals surface area contributed by atoms with Gasteiger partial charge in [0.2, 0.25) is 0 Å². The first-order chi connectivity index (χ1) is 15.1. The minimum atomic E-state index is -0.0873. The van der Waals surface area contributed by atoms with Gasteiger partial charge in [-0.15, -0.1) is 0 Å². The van der Waals surface area contributed by atoms with E-state index >= 15 is 0 Å². The van der Waals surface area contributed by atoms with Gasteiger partial charge in [-0.3, -0.25) is 4.90 Å². The van der Waals surface area contributed by atoms with Gasteiger partial charge in [0.1, 0.15) is 16.2 Å². The van der Waals surface area contributed by atoms with Crippen LogP contribution in [0.1, 0.15) is 52.7 Å². The van der Waals surface area contributed by atoms with Gasteiger partial charge >= 0.3 is 0 Å². The van der Waals surface area contributed by atoms with E-state index in [0.717, 1.165) is 35.8 Å². The molecular weight excluding hydrogens is 408 g/mol. The highest BCUT2D eigenvalue weighted by Crippen LogP contribution is 2.32. The molecule has 172 valence electrons. The highest BCUT2D eigenvalue weighted by molar-refractivity contribution is 6.18. The van der Waals surface area contributed by atoms with Crippen LogP contribution in [0.25, 0.3) is 0 Å². The van der Waals surface area contributed by atoms with E-state index in [1.165, 1.54) is 16.8 Å². The maximum absolute atomic E-state index is 5.32. The molecule has 0 aromatic heterocycles. The summed E-state index contributed by atoms with van der Waals surface area (Å²) in [5.74, 6) is 7.31. The smallest absolute Gasteiger partial charge is 0.118 e. The van der Waals surface area contributed by atoms with Crippen molar-refractivity contribution in [1.82, 2.24) is 4.90 Å². The third kappa shape index (κ3) is 7.58. The second kappa shape index (κ2) is 11.4. The summed E-state index contributed by atoms with van der Waals surface area (Å²) in [4.78, 5) is 2.43. The van der Waals surface area contributed by atoms with Crippen molar-refractivity contribution in [3.63, 3.8) is 0 Å². The van der Waals surface area contributed by atoms with E-state index < -0.39 is 0 Å². The molecule has 0 aliphatic heterocycles. The van der Waals surface area contributed by atoms with Crippen molar-refractivity contribution in [2.24, 2.45) is 5.41 Å². The molecule has 0 N–H and O–H groups in total. The molecule has 32 heavy (non-hydrogen) atoms. The fourth-order valence-corrected chi connectivity index (χ4v) is 4.00. The Labute approximate surface area is 199 Å². The lowest BCUT2D eigenvalue weighted by atomic mass is 9.93. The molecule has 2 rings (SSSR count). The van der Waals surface area contributed by atoms with Crippen molar-refractivity contribution >= 4 is 16.1 Å². The molecule has 4 heteroatoms. The standard InChI is InChI=1S/C28H40N2OSi/c1-8-29(20-11-9-10-19-27(2,3)4)22-23-13-12-14-25(21-23)30(32)28(5,6)24-15-17-26(31-7)18-16-24/h9,11-18,21H,8,20,22H2,1-7,32H3. The Hall–Kier alpha value is -2.48. The van der Waals surface area contributed by atoms with Crippen molar-refractivity contribution in [3.8, 4) is 17.6 Å². The summed E-state index contributed by atoms with van der Waals surface area (Å²) in [6, 6.07) is 17.4. The van der Waals surface area contributed by atoms with E-state index in [-0.39, 0.29) is 11.0 Å². The van der Waals surface area contributed by atoms with Crippen LogP contribution in [0.4, 0.5) is 5.69 Å². The fourth-order valence-electron chi connectivity index (χ4n) is 3.46. The second-order valence-electron chi connectivity index (χ2n) is 9.77. The van der Waals surface area contributed by atoms with Gasteiger partial charge < -0.3 is 9.30 Å². The van der Waals surface area contributed by atoms with E-state index in [1.807, 2.05) is 18.2 Å². The molecule has 0 atom stereocenters. The highest BCUT2D eigenvalue weighted by Gasteiger charge is 2.26. The van der Waals surface area contributed by atoms with Gasteiger partial charge in [0.05, 0.1) is 12.6 Å². The van der Waals surface area contributed by atoms with Crippen LogP contribution in [0, 0.1) is 17.3 Å². The Morgan fingerprint density at radius 2 is 1.72 bits per heavy atom. The highest BCUT2D eigenvalue weighted by atomic mass is 28.2. The van der Waals surface area contributed by atoms with E-state index in [0.29, 0.717) is 0 Å². The van der Waals surface area contributed by atoms with Crippen LogP contribution in [0.15, 0.2) is 60.7 Å². The zero-order valence-electron chi connectivity index (χ0n) is 21.2. The SMILES string of the molecule is CCN(CC=CC#CC(C)(C)C)Cc1cccc(N([SiH3])C(C)(C)c2ccc(OC)cc2)c1. The number of ether oxygens (including phenoxy) is 1. The van der Waals surface area contributed by atoms with Gasteiger partial charge in [-0.25, -0.2) is 0 Å². The number of nitrogens with zero attached hydrogens (tertiary/aromatic N) is 2. The lowest BCUT2D eigenvalue weighted by Crippen LogP contribution is -2.39. The van der Waals surface area contributed by atoms with Crippen molar-refractivity contribution < 1.29 is 4.74 Å². The van der Waals surface area contributed by atoms with Crippen LogP contribution in [0.2, 0.25) is 0 Å². The number of likely N-dealkylation sites (N-methyl/N-ethyl adjacent to an activating group) is 1. The molecule has 0 saturated heterocycles. The Morgan fingerprint density at radius 1 is 1.03 bits per heavy atom. The van der Waals surface area contributed by atoms with Gasteiger partial charge in [0.25, 0.3) is 0 Å². The Bertz CT molecular complexity index is 946. The molecule has 0 bridgehead atoms. The predicted octanol–water partition coefficient (Wildman–Crippen LogP) is 5.14. The summed E-state index contributed by atoms with van der Waals surface area (Å²) in [7, 11) is 2.63. The first-order valence-corrected chi connectivity index (χ1v) is 12.3. The molecule has 0 heterocycles. The first kappa shape index (κ1) is 25.8. The summed E-state index contributed by atoms with van der Waals surface area (Å²) in [5, 5.41) is 0. The maximum Gasteiger partial charge on any atom is 0.118 e. The number of hydrogen-bond donors (Lipinski definition) is 0. The number of benzene rings is 2. The molecule has 0 spiro atoms. The minimum absolute atomic E-state index is 0.0458. The molecule has 2 aromatic rings. The lowest BCUT2D eigenvalue weighted by molar-refractivity contribution is 0.311. The molecule has 0 unspecified atom stereocenters. The van der Waals surface area contributed by atoms with E-state index in [1.54, 1.807) is 7.11 Å². The summed E-state index contributed by atoms with van der Waals surface area (Å²) < 4.78 is 7.81. The lowest BCUT2D eigenvalue weighted by Gasteiger charge is -2.39. The van der Waals surface area contributed by atoms with Gasteiger partial charge in [-0.05, 0) is 82.6 Å². The Balaban J connectivity index is 2.10. The van der Waals surface area contributed by atoms with E-state index in [2.05, 4.69) is 105 Å². The normalized spacial score (nSPS) is 12.1. The molecule has 2 aromatic carbocycles. The molecule has 0 saturated carbocycles. The molecule has 0 aliphatic carbocycles. The van der Waals surface area contributed by atoms with E-state index in [9.17, 15) is 0 Å². The molecule has 0 amide bonds. The second-order valence-corrected chi connectivity index (χ2v) is 10.7. The molecule has 0 radical (unpaired) electrons. The fraction of sp³-hybridized carbons (Fsp3) is 0.429. The van der Waals surface area contributed by atoms with Gasteiger partial charge in [-0.1, -0.05) is 49.1 Å². The number of methoxy groups -OCH3 is 1. The number of rotatable bonds is 9.